The van der Waals surface area contributed by atoms with Gasteiger partial charge in [-0.25, -0.2) is 0 Å². The van der Waals surface area contributed by atoms with Crippen LogP contribution in [-0.4, -0.2) is 42.5 Å². The van der Waals surface area contributed by atoms with Crippen LogP contribution < -0.4 is 9.64 Å². The number of likely N-dealkylation sites (tertiary alicyclic amines) is 1. The predicted molar refractivity (Wildman–Crippen MR) is 135 cm³/mol. The molecule has 2 aliphatic rings. The molecule has 1 fully saturated rings. The van der Waals surface area contributed by atoms with Crippen molar-refractivity contribution in [2.45, 2.75) is 31.7 Å². The minimum atomic E-state index is -0.421. The smallest absolute Gasteiger partial charge is 0.271 e. The minimum Gasteiger partial charge on any atom is -0.496 e. The van der Waals surface area contributed by atoms with Gasteiger partial charge in [0.05, 0.1) is 17.7 Å². The summed E-state index contributed by atoms with van der Waals surface area (Å²) in [5.41, 5.74) is 4.70. The maximum absolute atomic E-state index is 13.2. The summed E-state index contributed by atoms with van der Waals surface area (Å²) >= 11 is 0. The van der Waals surface area contributed by atoms with Gasteiger partial charge in [-0.2, -0.15) is 0 Å². The van der Waals surface area contributed by atoms with Crippen LogP contribution in [0.5, 0.6) is 5.75 Å². The second kappa shape index (κ2) is 9.88. The lowest BCUT2D eigenvalue weighted by Crippen LogP contribution is -2.32. The number of anilines is 1. The van der Waals surface area contributed by atoms with Gasteiger partial charge < -0.3 is 9.64 Å². The number of piperidine rings is 1. The van der Waals surface area contributed by atoms with Gasteiger partial charge in [-0.15, -0.1) is 0 Å². The highest BCUT2D eigenvalue weighted by Crippen LogP contribution is 2.35. The van der Waals surface area contributed by atoms with Crippen LogP contribution in [0.1, 0.15) is 45.8 Å². The first-order chi connectivity index (χ1) is 17.0. The van der Waals surface area contributed by atoms with Crippen LogP contribution in [0, 0.1) is 10.1 Å². The van der Waals surface area contributed by atoms with Gasteiger partial charge in [0, 0.05) is 30.8 Å². The number of amides is 1. The van der Waals surface area contributed by atoms with Crippen molar-refractivity contribution in [2.75, 3.05) is 31.6 Å². The molecule has 0 spiro atoms. The van der Waals surface area contributed by atoms with Crippen molar-refractivity contribution in [3.63, 3.8) is 0 Å². The highest BCUT2D eigenvalue weighted by Gasteiger charge is 2.28. The lowest BCUT2D eigenvalue weighted by molar-refractivity contribution is -0.384. The highest BCUT2D eigenvalue weighted by molar-refractivity contribution is 6.07. The number of rotatable bonds is 6. The Bertz CT molecular complexity index is 1230. The van der Waals surface area contributed by atoms with E-state index in [0.717, 1.165) is 43.8 Å². The summed E-state index contributed by atoms with van der Waals surface area (Å²) in [6.45, 7) is 3.43. The fourth-order valence-electron chi connectivity index (χ4n) is 5.26. The Morgan fingerprint density at radius 3 is 2.49 bits per heavy atom. The highest BCUT2D eigenvalue weighted by atomic mass is 16.6. The Morgan fingerprint density at radius 1 is 1.03 bits per heavy atom. The van der Waals surface area contributed by atoms with E-state index < -0.39 is 4.92 Å². The summed E-state index contributed by atoms with van der Waals surface area (Å²) in [7, 11) is 1.73. The van der Waals surface area contributed by atoms with Gasteiger partial charge in [0.15, 0.2) is 0 Å². The van der Waals surface area contributed by atoms with Gasteiger partial charge >= 0.3 is 0 Å². The zero-order valence-corrected chi connectivity index (χ0v) is 19.9. The molecule has 7 heteroatoms. The minimum absolute atomic E-state index is 0.00766. The molecule has 0 saturated carbocycles. The molecular formula is C28H29N3O4. The van der Waals surface area contributed by atoms with Crippen molar-refractivity contribution >= 4 is 17.3 Å². The van der Waals surface area contributed by atoms with Gasteiger partial charge in [0.25, 0.3) is 11.6 Å². The van der Waals surface area contributed by atoms with Crippen molar-refractivity contribution in [1.29, 1.82) is 0 Å². The largest absolute Gasteiger partial charge is 0.496 e. The summed E-state index contributed by atoms with van der Waals surface area (Å²) < 4.78 is 5.55. The third-order valence-electron chi connectivity index (χ3n) is 7.19. The number of carbonyl (C=O) groups is 1. The summed E-state index contributed by atoms with van der Waals surface area (Å²) in [5, 5.41) is 11.2. The summed E-state index contributed by atoms with van der Waals surface area (Å²) in [5.74, 6) is 1.37. The number of non-ortho nitro benzene ring substituents is 1. The van der Waals surface area contributed by atoms with Crippen LogP contribution in [0.4, 0.5) is 11.4 Å². The molecule has 3 aromatic carbocycles. The van der Waals surface area contributed by atoms with Crippen LogP contribution >= 0.6 is 0 Å². The molecule has 5 rings (SSSR count). The van der Waals surface area contributed by atoms with E-state index in [-0.39, 0.29) is 11.6 Å². The molecular weight excluding hydrogens is 442 g/mol. The van der Waals surface area contributed by atoms with Crippen LogP contribution in [0.15, 0.2) is 66.7 Å². The third kappa shape index (κ3) is 4.77. The number of methoxy groups -OCH3 is 1. The van der Waals surface area contributed by atoms with E-state index in [1.165, 1.54) is 23.3 Å². The molecule has 0 aliphatic carbocycles. The van der Waals surface area contributed by atoms with Crippen LogP contribution in [0.3, 0.4) is 0 Å². The van der Waals surface area contributed by atoms with Gasteiger partial charge in [-0.05, 0) is 73.2 Å². The molecule has 0 aromatic heterocycles. The van der Waals surface area contributed by atoms with Crippen LogP contribution in [0.25, 0.3) is 0 Å². The Balaban J connectivity index is 1.20. The maximum Gasteiger partial charge on any atom is 0.271 e. The molecule has 180 valence electrons. The van der Waals surface area contributed by atoms with Gasteiger partial charge in [0.1, 0.15) is 5.75 Å². The lowest BCUT2D eigenvalue weighted by atomic mass is 9.88. The first-order valence-electron chi connectivity index (χ1n) is 12.1. The number of nitro groups is 1. The Kier molecular flexibility index (Phi) is 6.51. The molecule has 35 heavy (non-hydrogen) atoms. The second-order valence-electron chi connectivity index (χ2n) is 9.27. The van der Waals surface area contributed by atoms with E-state index in [2.05, 4.69) is 17.0 Å². The molecule has 0 N–H and O–H groups in total. The first kappa shape index (κ1) is 23.1. The molecule has 0 radical (unpaired) electrons. The molecule has 1 saturated heterocycles. The number of benzene rings is 3. The van der Waals surface area contributed by atoms with E-state index in [1.54, 1.807) is 18.1 Å². The Hall–Kier alpha value is -3.71. The molecule has 2 heterocycles. The number of ether oxygens (including phenoxy) is 1. The van der Waals surface area contributed by atoms with Crippen molar-refractivity contribution in [3.05, 3.63) is 99.1 Å². The quantitative estimate of drug-likeness (QED) is 0.365. The number of fused-ring (bicyclic) bond motifs is 1. The fourth-order valence-corrected chi connectivity index (χ4v) is 5.26. The molecule has 2 aliphatic heterocycles. The maximum atomic E-state index is 13.2. The summed E-state index contributed by atoms with van der Waals surface area (Å²) in [6, 6.07) is 20.8. The van der Waals surface area contributed by atoms with Crippen molar-refractivity contribution < 1.29 is 14.5 Å². The number of nitrogens with zero attached hydrogens (tertiary/aromatic N) is 3. The van der Waals surface area contributed by atoms with Crippen molar-refractivity contribution in [3.8, 4) is 5.75 Å². The Morgan fingerprint density at radius 2 is 1.77 bits per heavy atom. The number of hydrogen-bond acceptors (Lipinski definition) is 5. The zero-order valence-electron chi connectivity index (χ0n) is 19.9. The van der Waals surface area contributed by atoms with E-state index in [1.807, 2.05) is 36.4 Å². The monoisotopic (exact) mass is 471 g/mol. The van der Waals surface area contributed by atoms with Crippen molar-refractivity contribution in [2.24, 2.45) is 0 Å². The van der Waals surface area contributed by atoms with E-state index in [4.69, 9.17) is 4.74 Å². The molecule has 3 aromatic rings. The lowest BCUT2D eigenvalue weighted by Gasteiger charge is -2.32. The average Bonchev–Trinajstić information content (AvgIpc) is 3.32. The SMILES string of the molecule is COc1ccccc1C1CCN(Cc2ccc(C(=O)N3CCc4ccc([N+](=O)[O-])cc43)cc2)CC1. The van der Waals surface area contributed by atoms with E-state index in [9.17, 15) is 14.9 Å². The molecule has 1 amide bonds. The fraction of sp³-hybridized carbons (Fsp3) is 0.321. The van der Waals surface area contributed by atoms with E-state index >= 15 is 0 Å². The standard InChI is InChI=1S/C28H29N3O4/c1-35-27-5-3-2-4-25(27)21-12-15-29(16-13-21)19-20-6-8-23(9-7-20)28(32)30-17-14-22-10-11-24(31(33)34)18-26(22)30/h2-11,18,21H,12-17,19H2,1H3. The van der Waals surface area contributed by atoms with E-state index in [0.29, 0.717) is 30.1 Å². The second-order valence-corrected chi connectivity index (χ2v) is 9.27. The van der Waals surface area contributed by atoms with Gasteiger partial charge in [-0.3, -0.25) is 19.8 Å². The number of nitro benzene ring substituents is 1. The predicted octanol–water partition coefficient (Wildman–Crippen LogP) is 5.19. The first-order valence-corrected chi connectivity index (χ1v) is 12.1. The third-order valence-corrected chi connectivity index (χ3v) is 7.19. The molecule has 0 unspecified atom stereocenters. The summed E-state index contributed by atoms with van der Waals surface area (Å²) in [6.07, 6.45) is 2.90. The van der Waals surface area contributed by atoms with Crippen LogP contribution in [-0.2, 0) is 13.0 Å². The normalized spacial score (nSPS) is 16.2. The number of carbonyl (C=O) groups excluding carboxylic acids is 1. The molecule has 7 nitrogen and oxygen atoms in total. The van der Waals surface area contributed by atoms with Crippen LogP contribution in [0.2, 0.25) is 0 Å². The number of hydrogen-bond donors (Lipinski definition) is 0. The molecule has 0 bridgehead atoms. The Labute approximate surface area is 205 Å². The van der Waals surface area contributed by atoms with Gasteiger partial charge in [-0.1, -0.05) is 36.4 Å². The van der Waals surface area contributed by atoms with Gasteiger partial charge in [0.2, 0.25) is 0 Å². The molecule has 0 atom stereocenters. The van der Waals surface area contributed by atoms with Crippen molar-refractivity contribution in [1.82, 2.24) is 4.90 Å². The number of para-hydroxylation sites is 1. The topological polar surface area (TPSA) is 75.9 Å². The zero-order chi connectivity index (χ0) is 24.4. The average molecular weight is 472 g/mol. The summed E-state index contributed by atoms with van der Waals surface area (Å²) in [4.78, 5) is 28.0.